The summed E-state index contributed by atoms with van der Waals surface area (Å²) >= 11 is 0. The first-order valence-corrected chi connectivity index (χ1v) is 3.99. The van der Waals surface area contributed by atoms with Crippen LogP contribution in [0.1, 0.15) is 5.56 Å². The van der Waals surface area contributed by atoms with Crippen LogP contribution in [0.25, 0.3) is 0 Å². The Labute approximate surface area is 90.9 Å². The topological polar surface area (TPSA) is 12.0 Å². The van der Waals surface area contributed by atoms with Gasteiger partial charge in [0.1, 0.15) is 5.82 Å². The summed E-state index contributed by atoms with van der Waals surface area (Å²) in [5.74, 6) is -0.448. The van der Waals surface area contributed by atoms with Crippen LogP contribution in [-0.2, 0) is 6.54 Å². The number of hydrogen-bond donors (Lipinski definition) is 1. The van der Waals surface area contributed by atoms with E-state index in [-0.39, 0.29) is 19.0 Å². The SMILES string of the molecule is Cl.Fc1cccc(CNCC(F)(F)F)c1. The molecule has 0 aliphatic heterocycles. The molecule has 0 aliphatic carbocycles. The minimum atomic E-state index is -4.23. The van der Waals surface area contributed by atoms with Gasteiger partial charge in [0.2, 0.25) is 0 Å². The van der Waals surface area contributed by atoms with Crippen molar-refractivity contribution in [3.05, 3.63) is 35.6 Å². The summed E-state index contributed by atoms with van der Waals surface area (Å²) < 4.78 is 47.7. The van der Waals surface area contributed by atoms with E-state index in [1.54, 1.807) is 6.07 Å². The molecule has 1 aromatic carbocycles. The highest BCUT2D eigenvalue weighted by Gasteiger charge is 2.25. The van der Waals surface area contributed by atoms with Crippen LogP contribution in [-0.4, -0.2) is 12.7 Å². The summed E-state index contributed by atoms with van der Waals surface area (Å²) in [5.41, 5.74) is 0.495. The fourth-order valence-corrected chi connectivity index (χ4v) is 0.996. The zero-order chi connectivity index (χ0) is 10.6. The van der Waals surface area contributed by atoms with Gasteiger partial charge >= 0.3 is 6.18 Å². The largest absolute Gasteiger partial charge is 0.401 e. The second-order valence-corrected chi connectivity index (χ2v) is 2.85. The Kier molecular flexibility index (Phi) is 5.60. The Balaban J connectivity index is 0.00000196. The quantitative estimate of drug-likeness (QED) is 0.805. The van der Waals surface area contributed by atoms with Crippen LogP contribution in [0.3, 0.4) is 0 Å². The van der Waals surface area contributed by atoms with E-state index in [1.807, 2.05) is 0 Å². The maximum absolute atomic E-state index is 12.6. The predicted molar refractivity (Wildman–Crippen MR) is 51.4 cm³/mol. The third-order valence-corrected chi connectivity index (χ3v) is 1.54. The van der Waals surface area contributed by atoms with Crippen molar-refractivity contribution in [2.24, 2.45) is 0 Å². The number of halogens is 5. The van der Waals surface area contributed by atoms with Crippen molar-refractivity contribution in [3.63, 3.8) is 0 Å². The van der Waals surface area contributed by atoms with Crippen LogP contribution in [0.15, 0.2) is 24.3 Å². The predicted octanol–water partition coefficient (Wildman–Crippen LogP) is 2.90. The molecule has 0 spiro atoms. The van der Waals surface area contributed by atoms with Gasteiger partial charge in [-0.1, -0.05) is 12.1 Å². The third kappa shape index (κ3) is 6.30. The number of hydrogen-bond acceptors (Lipinski definition) is 1. The first kappa shape index (κ1) is 14.2. The van der Waals surface area contributed by atoms with E-state index >= 15 is 0 Å². The molecule has 0 atom stereocenters. The van der Waals surface area contributed by atoms with Crippen molar-refractivity contribution in [2.45, 2.75) is 12.7 Å². The first-order chi connectivity index (χ1) is 6.47. The molecule has 0 heterocycles. The van der Waals surface area contributed by atoms with Gasteiger partial charge in [-0.15, -0.1) is 12.4 Å². The lowest BCUT2D eigenvalue weighted by Gasteiger charge is -2.07. The molecule has 0 radical (unpaired) electrons. The Morgan fingerprint density at radius 2 is 1.87 bits per heavy atom. The normalized spacial score (nSPS) is 10.9. The van der Waals surface area contributed by atoms with Gasteiger partial charge < -0.3 is 5.32 Å². The molecule has 1 N–H and O–H groups in total. The average molecular weight is 244 g/mol. The molecule has 0 saturated carbocycles. The summed E-state index contributed by atoms with van der Waals surface area (Å²) in [6, 6.07) is 5.46. The van der Waals surface area contributed by atoms with Crippen molar-refractivity contribution < 1.29 is 17.6 Å². The van der Waals surface area contributed by atoms with Crippen molar-refractivity contribution >= 4 is 12.4 Å². The highest BCUT2D eigenvalue weighted by atomic mass is 35.5. The molecule has 6 heteroatoms. The van der Waals surface area contributed by atoms with Gasteiger partial charge in [-0.05, 0) is 17.7 Å². The average Bonchev–Trinajstić information content (AvgIpc) is 2.01. The fourth-order valence-electron chi connectivity index (χ4n) is 0.996. The molecular formula is C9H10ClF4N. The van der Waals surface area contributed by atoms with E-state index in [2.05, 4.69) is 5.32 Å². The zero-order valence-electron chi connectivity index (χ0n) is 7.64. The molecule has 0 aromatic heterocycles. The molecule has 0 fully saturated rings. The van der Waals surface area contributed by atoms with Gasteiger partial charge in [0.25, 0.3) is 0 Å². The van der Waals surface area contributed by atoms with Crippen LogP contribution >= 0.6 is 12.4 Å². The van der Waals surface area contributed by atoms with Crippen LogP contribution in [0.4, 0.5) is 17.6 Å². The molecule has 1 aromatic rings. The van der Waals surface area contributed by atoms with Gasteiger partial charge in [0.15, 0.2) is 0 Å². The lowest BCUT2D eigenvalue weighted by molar-refractivity contribution is -0.125. The standard InChI is InChI=1S/C9H9F4N.ClH/c10-8-3-1-2-7(4-8)5-14-6-9(11,12)13;/h1-4,14H,5-6H2;1H. The molecule has 0 aliphatic rings. The Morgan fingerprint density at radius 1 is 1.20 bits per heavy atom. The van der Waals surface area contributed by atoms with Crippen molar-refractivity contribution in [1.29, 1.82) is 0 Å². The number of benzene rings is 1. The Morgan fingerprint density at radius 3 is 2.40 bits per heavy atom. The van der Waals surface area contributed by atoms with Crippen LogP contribution in [0, 0.1) is 5.82 Å². The molecule has 0 amide bonds. The summed E-state index contributed by atoms with van der Waals surface area (Å²) in [7, 11) is 0. The minimum Gasteiger partial charge on any atom is -0.305 e. The van der Waals surface area contributed by atoms with Gasteiger partial charge in [0, 0.05) is 6.54 Å². The van der Waals surface area contributed by atoms with E-state index in [9.17, 15) is 17.6 Å². The van der Waals surface area contributed by atoms with Crippen LogP contribution in [0.2, 0.25) is 0 Å². The van der Waals surface area contributed by atoms with Gasteiger partial charge in [0.05, 0.1) is 6.54 Å². The molecule has 1 nitrogen and oxygen atoms in total. The van der Waals surface area contributed by atoms with Gasteiger partial charge in [-0.25, -0.2) is 4.39 Å². The molecule has 0 saturated heterocycles. The lowest BCUT2D eigenvalue weighted by atomic mass is 10.2. The van der Waals surface area contributed by atoms with Crippen molar-refractivity contribution in [2.75, 3.05) is 6.54 Å². The van der Waals surface area contributed by atoms with Crippen LogP contribution in [0.5, 0.6) is 0 Å². The summed E-state index contributed by atoms with van der Waals surface area (Å²) in [6.07, 6.45) is -4.23. The molecule has 86 valence electrons. The molecule has 0 bridgehead atoms. The zero-order valence-corrected chi connectivity index (χ0v) is 8.46. The number of rotatable bonds is 3. The molecular weight excluding hydrogens is 234 g/mol. The maximum Gasteiger partial charge on any atom is 0.401 e. The van der Waals surface area contributed by atoms with Crippen LogP contribution < -0.4 is 5.32 Å². The Bertz CT molecular complexity index is 300. The monoisotopic (exact) mass is 243 g/mol. The van der Waals surface area contributed by atoms with Gasteiger partial charge in [-0.3, -0.25) is 0 Å². The third-order valence-electron chi connectivity index (χ3n) is 1.54. The van der Waals surface area contributed by atoms with Crippen molar-refractivity contribution in [3.8, 4) is 0 Å². The first-order valence-electron chi connectivity index (χ1n) is 3.99. The second-order valence-electron chi connectivity index (χ2n) is 2.85. The van der Waals surface area contributed by atoms with Crippen molar-refractivity contribution in [1.82, 2.24) is 5.32 Å². The summed E-state index contributed by atoms with van der Waals surface area (Å²) in [6.45, 7) is -1.05. The van der Waals surface area contributed by atoms with E-state index in [1.165, 1.54) is 18.2 Å². The smallest absolute Gasteiger partial charge is 0.305 e. The molecule has 0 unspecified atom stereocenters. The molecule has 1 rings (SSSR count). The van der Waals surface area contributed by atoms with E-state index in [0.717, 1.165) is 0 Å². The van der Waals surface area contributed by atoms with E-state index in [0.29, 0.717) is 5.56 Å². The fraction of sp³-hybridized carbons (Fsp3) is 0.333. The minimum absolute atomic E-state index is 0. The summed E-state index contributed by atoms with van der Waals surface area (Å²) in [4.78, 5) is 0. The highest BCUT2D eigenvalue weighted by molar-refractivity contribution is 5.85. The lowest BCUT2D eigenvalue weighted by Crippen LogP contribution is -2.28. The summed E-state index contributed by atoms with van der Waals surface area (Å²) in [5, 5.41) is 2.18. The number of alkyl halides is 3. The Hall–Kier alpha value is -0.810. The van der Waals surface area contributed by atoms with E-state index in [4.69, 9.17) is 0 Å². The molecule has 15 heavy (non-hydrogen) atoms. The van der Waals surface area contributed by atoms with Gasteiger partial charge in [-0.2, -0.15) is 13.2 Å². The van der Waals surface area contributed by atoms with E-state index < -0.39 is 18.5 Å². The second kappa shape index (κ2) is 5.92. The maximum atomic E-state index is 12.6. The highest BCUT2D eigenvalue weighted by Crippen LogP contribution is 2.12. The number of nitrogens with one attached hydrogen (secondary N) is 1.